The van der Waals surface area contributed by atoms with E-state index in [1.807, 2.05) is 30.3 Å². The van der Waals surface area contributed by atoms with Crippen molar-refractivity contribution in [1.29, 1.82) is 0 Å². The van der Waals surface area contributed by atoms with Crippen molar-refractivity contribution in [1.82, 2.24) is 5.32 Å². The predicted octanol–water partition coefficient (Wildman–Crippen LogP) is 4.95. The van der Waals surface area contributed by atoms with Gasteiger partial charge in [0.15, 0.2) is 5.11 Å². The van der Waals surface area contributed by atoms with Gasteiger partial charge >= 0.3 is 0 Å². The van der Waals surface area contributed by atoms with Gasteiger partial charge in [0.25, 0.3) is 5.91 Å². The number of carbonyl (C=O) groups excluding carboxylic acids is 1. The maximum absolute atomic E-state index is 12.6. The number of hydrogen-bond donors (Lipinski definition) is 2. The third-order valence-corrected chi connectivity index (χ3v) is 4.06. The van der Waals surface area contributed by atoms with Crippen LogP contribution in [0.2, 0.25) is 0 Å². The van der Waals surface area contributed by atoms with Gasteiger partial charge in [-0.1, -0.05) is 56.7 Å². The normalized spacial score (nSPS) is 10.0. The standard InChI is InChI=1S/C22H26N2O3S/c1-3-5-10-16-27-19-13-8-6-11-17(19)21(25)24-22(28)23-18-12-7-9-14-20(18)26-15-4-2/h4,6-9,11-14H,2-3,5,10,15-16H2,1H3,(H2,23,24,25,28). The number of nitrogens with one attached hydrogen (secondary N) is 2. The molecular weight excluding hydrogens is 372 g/mol. The second kappa shape index (κ2) is 11.8. The average Bonchev–Trinajstić information content (AvgIpc) is 2.70. The molecule has 0 heterocycles. The van der Waals surface area contributed by atoms with Crippen LogP contribution < -0.4 is 20.1 Å². The number of hydrogen-bond acceptors (Lipinski definition) is 4. The molecule has 5 nitrogen and oxygen atoms in total. The summed E-state index contributed by atoms with van der Waals surface area (Å²) in [5.41, 5.74) is 1.11. The summed E-state index contributed by atoms with van der Waals surface area (Å²) >= 11 is 5.29. The molecule has 0 fully saturated rings. The van der Waals surface area contributed by atoms with Gasteiger partial charge in [-0.15, -0.1) is 0 Å². The van der Waals surface area contributed by atoms with Crippen LogP contribution in [0.5, 0.6) is 11.5 Å². The first-order valence-corrected chi connectivity index (χ1v) is 9.73. The van der Waals surface area contributed by atoms with Gasteiger partial charge in [-0.2, -0.15) is 0 Å². The number of rotatable bonds is 10. The molecular formula is C22H26N2O3S. The fourth-order valence-electron chi connectivity index (χ4n) is 2.48. The summed E-state index contributed by atoms with van der Waals surface area (Å²) in [6, 6.07) is 14.5. The first kappa shape index (κ1) is 21.4. The van der Waals surface area contributed by atoms with Crippen molar-refractivity contribution in [3.05, 3.63) is 66.7 Å². The SMILES string of the molecule is C=CCOc1ccccc1NC(=S)NC(=O)c1ccccc1OCCCCC. The minimum absolute atomic E-state index is 0.181. The van der Waals surface area contributed by atoms with Crippen LogP contribution >= 0.6 is 12.2 Å². The van der Waals surface area contributed by atoms with E-state index in [9.17, 15) is 4.79 Å². The highest BCUT2D eigenvalue weighted by molar-refractivity contribution is 7.80. The molecule has 148 valence electrons. The molecule has 2 aromatic carbocycles. The van der Waals surface area contributed by atoms with Gasteiger partial charge in [0.1, 0.15) is 18.1 Å². The Kier molecular flexibility index (Phi) is 9.01. The van der Waals surface area contributed by atoms with Crippen LogP contribution in [-0.2, 0) is 0 Å². The summed E-state index contributed by atoms with van der Waals surface area (Å²) in [4.78, 5) is 12.6. The molecule has 2 aromatic rings. The number of carbonyl (C=O) groups is 1. The fourth-order valence-corrected chi connectivity index (χ4v) is 2.69. The molecule has 0 aliphatic rings. The van der Waals surface area contributed by atoms with Gasteiger partial charge in [0.2, 0.25) is 0 Å². The fraction of sp³-hybridized carbons (Fsp3) is 0.273. The molecule has 0 aliphatic carbocycles. The zero-order valence-electron chi connectivity index (χ0n) is 16.1. The van der Waals surface area contributed by atoms with Crippen LogP contribution in [0.4, 0.5) is 5.69 Å². The first-order chi connectivity index (χ1) is 13.7. The minimum atomic E-state index is -0.326. The Balaban J connectivity index is 1.99. The number of anilines is 1. The number of benzene rings is 2. The zero-order valence-corrected chi connectivity index (χ0v) is 16.9. The number of amides is 1. The van der Waals surface area contributed by atoms with E-state index in [1.54, 1.807) is 24.3 Å². The Labute approximate surface area is 171 Å². The van der Waals surface area contributed by atoms with Crippen LogP contribution in [0, 0.1) is 0 Å². The molecule has 0 saturated carbocycles. The van der Waals surface area contributed by atoms with Gasteiger partial charge in [0.05, 0.1) is 17.9 Å². The molecule has 0 aliphatic heterocycles. The molecule has 2 N–H and O–H groups in total. The van der Waals surface area contributed by atoms with Crippen molar-refractivity contribution in [3.63, 3.8) is 0 Å². The third kappa shape index (κ3) is 6.70. The van der Waals surface area contributed by atoms with Crippen molar-refractivity contribution in [3.8, 4) is 11.5 Å². The topological polar surface area (TPSA) is 59.6 Å². The van der Waals surface area contributed by atoms with E-state index in [1.165, 1.54) is 0 Å². The molecule has 0 spiro atoms. The number of ether oxygens (including phenoxy) is 2. The van der Waals surface area contributed by atoms with Gasteiger partial charge in [-0.05, 0) is 42.9 Å². The average molecular weight is 399 g/mol. The Bertz CT molecular complexity index is 808. The van der Waals surface area contributed by atoms with E-state index in [0.29, 0.717) is 36.0 Å². The summed E-state index contributed by atoms with van der Waals surface area (Å²) in [5, 5.41) is 5.88. The maximum atomic E-state index is 12.6. The molecule has 0 bridgehead atoms. The quantitative estimate of drug-likeness (QED) is 0.337. The second-order valence-electron chi connectivity index (χ2n) is 6.06. The number of para-hydroxylation sites is 3. The van der Waals surface area contributed by atoms with Crippen LogP contribution in [0.3, 0.4) is 0 Å². The molecule has 1 amide bonds. The Morgan fingerprint density at radius 1 is 1.07 bits per heavy atom. The lowest BCUT2D eigenvalue weighted by molar-refractivity contribution is 0.0973. The summed E-state index contributed by atoms with van der Waals surface area (Å²) in [6.07, 6.45) is 4.82. The lowest BCUT2D eigenvalue weighted by Gasteiger charge is -2.15. The Hall–Kier alpha value is -2.86. The summed E-state index contributed by atoms with van der Waals surface area (Å²) in [5.74, 6) is 0.848. The summed E-state index contributed by atoms with van der Waals surface area (Å²) < 4.78 is 11.4. The van der Waals surface area contributed by atoms with Crippen LogP contribution in [0.1, 0.15) is 36.5 Å². The monoisotopic (exact) mass is 398 g/mol. The van der Waals surface area contributed by atoms with E-state index in [4.69, 9.17) is 21.7 Å². The van der Waals surface area contributed by atoms with Crippen LogP contribution in [0.15, 0.2) is 61.2 Å². The maximum Gasteiger partial charge on any atom is 0.261 e. The molecule has 0 saturated heterocycles. The third-order valence-electron chi connectivity index (χ3n) is 3.86. The summed E-state index contributed by atoms with van der Waals surface area (Å²) in [6.45, 7) is 6.73. The molecule has 0 radical (unpaired) electrons. The van der Waals surface area contributed by atoms with Crippen molar-refractivity contribution >= 4 is 28.9 Å². The van der Waals surface area contributed by atoms with Gasteiger partial charge in [-0.25, -0.2) is 0 Å². The highest BCUT2D eigenvalue weighted by atomic mass is 32.1. The Morgan fingerprint density at radius 3 is 2.54 bits per heavy atom. The second-order valence-corrected chi connectivity index (χ2v) is 6.46. The predicted molar refractivity (Wildman–Crippen MR) is 117 cm³/mol. The Morgan fingerprint density at radius 2 is 1.79 bits per heavy atom. The van der Waals surface area contributed by atoms with E-state index in [0.717, 1.165) is 19.3 Å². The number of unbranched alkanes of at least 4 members (excludes halogenated alkanes) is 2. The highest BCUT2D eigenvalue weighted by Gasteiger charge is 2.14. The molecule has 0 atom stereocenters. The van der Waals surface area contributed by atoms with Crippen molar-refractivity contribution < 1.29 is 14.3 Å². The number of thiocarbonyl (C=S) groups is 1. The van der Waals surface area contributed by atoms with Crippen molar-refractivity contribution in [2.75, 3.05) is 18.5 Å². The van der Waals surface area contributed by atoms with E-state index in [2.05, 4.69) is 24.1 Å². The van der Waals surface area contributed by atoms with Crippen LogP contribution in [-0.4, -0.2) is 24.2 Å². The van der Waals surface area contributed by atoms with Gasteiger partial charge < -0.3 is 14.8 Å². The minimum Gasteiger partial charge on any atom is -0.493 e. The zero-order chi connectivity index (χ0) is 20.2. The molecule has 0 aromatic heterocycles. The highest BCUT2D eigenvalue weighted by Crippen LogP contribution is 2.24. The molecule has 0 unspecified atom stereocenters. The molecule has 2 rings (SSSR count). The largest absolute Gasteiger partial charge is 0.493 e. The summed E-state index contributed by atoms with van der Waals surface area (Å²) in [7, 11) is 0. The molecule has 28 heavy (non-hydrogen) atoms. The van der Waals surface area contributed by atoms with E-state index < -0.39 is 0 Å². The first-order valence-electron chi connectivity index (χ1n) is 9.32. The smallest absolute Gasteiger partial charge is 0.261 e. The molecule has 6 heteroatoms. The van der Waals surface area contributed by atoms with Crippen molar-refractivity contribution in [2.45, 2.75) is 26.2 Å². The lowest BCUT2D eigenvalue weighted by atomic mass is 10.2. The lowest BCUT2D eigenvalue weighted by Crippen LogP contribution is -2.34. The van der Waals surface area contributed by atoms with Gasteiger partial charge in [-0.3, -0.25) is 10.1 Å². The van der Waals surface area contributed by atoms with Crippen molar-refractivity contribution in [2.24, 2.45) is 0 Å². The van der Waals surface area contributed by atoms with E-state index in [-0.39, 0.29) is 11.0 Å². The van der Waals surface area contributed by atoms with E-state index >= 15 is 0 Å². The van der Waals surface area contributed by atoms with Crippen LogP contribution in [0.25, 0.3) is 0 Å². The van der Waals surface area contributed by atoms with Gasteiger partial charge in [0, 0.05) is 0 Å².